The first-order chi connectivity index (χ1) is 9.10. The fraction of sp³-hybridized carbons (Fsp3) is 0.429. The van der Waals surface area contributed by atoms with Gasteiger partial charge in [0.15, 0.2) is 0 Å². The lowest BCUT2D eigenvalue weighted by Crippen LogP contribution is -2.30. The van der Waals surface area contributed by atoms with Crippen molar-refractivity contribution < 1.29 is 14.0 Å². The number of rotatable bonds is 4. The molecule has 0 spiro atoms. The van der Waals surface area contributed by atoms with Crippen molar-refractivity contribution in [1.29, 1.82) is 0 Å². The Morgan fingerprint density at radius 3 is 2.74 bits per heavy atom. The molecule has 19 heavy (non-hydrogen) atoms. The maximum Gasteiger partial charge on any atom is 0.227 e. The predicted octanol–water partition coefficient (Wildman–Crippen LogP) is 1.70. The van der Waals surface area contributed by atoms with Crippen LogP contribution >= 0.6 is 0 Å². The number of nitrogens with zero attached hydrogens (tertiary/aromatic N) is 1. The molecule has 4 nitrogen and oxygen atoms in total. The van der Waals surface area contributed by atoms with Gasteiger partial charge in [-0.25, -0.2) is 4.39 Å². The van der Waals surface area contributed by atoms with E-state index in [1.165, 1.54) is 12.1 Å². The van der Waals surface area contributed by atoms with Crippen LogP contribution in [0.5, 0.6) is 0 Å². The zero-order chi connectivity index (χ0) is 13.8. The fourth-order valence-electron chi connectivity index (χ4n) is 2.17. The second-order valence-electron chi connectivity index (χ2n) is 4.71. The summed E-state index contributed by atoms with van der Waals surface area (Å²) in [4.78, 5) is 24.7. The van der Waals surface area contributed by atoms with E-state index in [0.717, 1.165) is 0 Å². The van der Waals surface area contributed by atoms with E-state index in [9.17, 15) is 14.0 Å². The Morgan fingerprint density at radius 2 is 2.11 bits per heavy atom. The predicted molar refractivity (Wildman–Crippen MR) is 70.2 cm³/mol. The highest BCUT2D eigenvalue weighted by molar-refractivity contribution is 5.95. The molecule has 1 heterocycles. The molecule has 0 bridgehead atoms. The number of hydrogen-bond acceptors (Lipinski definition) is 2. The Balaban J connectivity index is 1.96. The lowest BCUT2D eigenvalue weighted by atomic mass is 10.1. The minimum absolute atomic E-state index is 0.00678. The van der Waals surface area contributed by atoms with Crippen LogP contribution in [0.15, 0.2) is 24.3 Å². The summed E-state index contributed by atoms with van der Waals surface area (Å²) in [6.45, 7) is 2.87. The van der Waals surface area contributed by atoms with Crippen LogP contribution in [-0.4, -0.2) is 24.9 Å². The molecule has 1 aliphatic heterocycles. The van der Waals surface area contributed by atoms with Gasteiger partial charge in [-0.05, 0) is 24.3 Å². The lowest BCUT2D eigenvalue weighted by molar-refractivity contribution is -0.121. The zero-order valence-electron chi connectivity index (χ0n) is 10.9. The molecule has 0 unspecified atom stereocenters. The van der Waals surface area contributed by atoms with Crippen molar-refractivity contribution in [3.63, 3.8) is 0 Å². The highest BCUT2D eigenvalue weighted by Crippen LogP contribution is 2.24. The van der Waals surface area contributed by atoms with Gasteiger partial charge in [-0.1, -0.05) is 6.92 Å². The van der Waals surface area contributed by atoms with E-state index in [1.54, 1.807) is 24.0 Å². The smallest absolute Gasteiger partial charge is 0.227 e. The van der Waals surface area contributed by atoms with Crippen LogP contribution in [0.4, 0.5) is 10.1 Å². The molecule has 1 fully saturated rings. The van der Waals surface area contributed by atoms with E-state index in [1.807, 2.05) is 0 Å². The number of benzene rings is 1. The molecular formula is C14H17FN2O2. The molecule has 0 aliphatic carbocycles. The number of carbonyl (C=O) groups excluding carboxylic acids is 2. The maximum atomic E-state index is 12.8. The molecule has 2 rings (SSSR count). The Bertz CT molecular complexity index is 473. The van der Waals surface area contributed by atoms with Crippen molar-refractivity contribution in [2.45, 2.75) is 19.8 Å². The van der Waals surface area contributed by atoms with Gasteiger partial charge in [0.25, 0.3) is 0 Å². The van der Waals surface area contributed by atoms with Crippen LogP contribution in [0.2, 0.25) is 0 Å². The highest BCUT2D eigenvalue weighted by atomic mass is 19.1. The van der Waals surface area contributed by atoms with Crippen molar-refractivity contribution in [3.8, 4) is 0 Å². The summed E-state index contributed by atoms with van der Waals surface area (Å²) in [5.41, 5.74) is 0.704. The second-order valence-corrected chi connectivity index (χ2v) is 4.71. The van der Waals surface area contributed by atoms with Crippen molar-refractivity contribution in [1.82, 2.24) is 5.32 Å². The minimum atomic E-state index is -0.317. The molecule has 1 aromatic rings. The third-order valence-electron chi connectivity index (χ3n) is 3.25. The SMILES string of the molecule is CCC(=O)NC[C@H]1CC(=O)N(c2ccc(F)cc2)C1. The summed E-state index contributed by atoms with van der Waals surface area (Å²) < 4.78 is 12.8. The summed E-state index contributed by atoms with van der Waals surface area (Å²) >= 11 is 0. The summed E-state index contributed by atoms with van der Waals surface area (Å²) in [6, 6.07) is 5.88. The summed E-state index contributed by atoms with van der Waals surface area (Å²) in [5, 5.41) is 2.80. The molecule has 5 heteroatoms. The topological polar surface area (TPSA) is 49.4 Å². The van der Waals surface area contributed by atoms with Crippen molar-refractivity contribution in [3.05, 3.63) is 30.1 Å². The standard InChI is InChI=1S/C14H17FN2O2/c1-2-13(18)16-8-10-7-14(19)17(9-10)12-5-3-11(15)4-6-12/h3-6,10H,2,7-9H2,1H3,(H,16,18)/t10-/m1/s1. The van der Waals surface area contributed by atoms with Gasteiger partial charge < -0.3 is 10.2 Å². The van der Waals surface area contributed by atoms with Gasteiger partial charge in [0.2, 0.25) is 11.8 Å². The fourth-order valence-corrected chi connectivity index (χ4v) is 2.17. The average molecular weight is 264 g/mol. The summed E-state index contributed by atoms with van der Waals surface area (Å²) in [5.74, 6) is -0.190. The van der Waals surface area contributed by atoms with Crippen molar-refractivity contribution in [2.75, 3.05) is 18.0 Å². The van der Waals surface area contributed by atoms with Crippen molar-refractivity contribution in [2.24, 2.45) is 5.92 Å². The molecule has 0 saturated carbocycles. The van der Waals surface area contributed by atoms with Crippen LogP contribution in [0.1, 0.15) is 19.8 Å². The Morgan fingerprint density at radius 1 is 1.42 bits per heavy atom. The van der Waals surface area contributed by atoms with E-state index >= 15 is 0 Å². The Labute approximate surface area is 111 Å². The molecule has 102 valence electrons. The van der Waals surface area contributed by atoms with Gasteiger partial charge in [0, 0.05) is 37.5 Å². The summed E-state index contributed by atoms with van der Waals surface area (Å²) in [7, 11) is 0. The van der Waals surface area contributed by atoms with Gasteiger partial charge in [-0.3, -0.25) is 9.59 Å². The first kappa shape index (κ1) is 13.5. The zero-order valence-corrected chi connectivity index (χ0v) is 10.9. The third-order valence-corrected chi connectivity index (χ3v) is 3.25. The number of nitrogens with one attached hydrogen (secondary N) is 1. The maximum absolute atomic E-state index is 12.8. The van der Waals surface area contributed by atoms with Crippen LogP contribution < -0.4 is 10.2 Å². The summed E-state index contributed by atoms with van der Waals surface area (Å²) in [6.07, 6.45) is 0.865. The first-order valence-corrected chi connectivity index (χ1v) is 6.42. The Hall–Kier alpha value is -1.91. The molecule has 1 aromatic carbocycles. The van der Waals surface area contributed by atoms with Crippen LogP contribution in [-0.2, 0) is 9.59 Å². The molecule has 1 aliphatic rings. The van der Waals surface area contributed by atoms with E-state index in [4.69, 9.17) is 0 Å². The third kappa shape index (κ3) is 3.30. The lowest BCUT2D eigenvalue weighted by Gasteiger charge is -2.16. The minimum Gasteiger partial charge on any atom is -0.356 e. The molecule has 2 amide bonds. The van der Waals surface area contributed by atoms with E-state index in [0.29, 0.717) is 31.6 Å². The molecule has 0 aromatic heterocycles. The van der Waals surface area contributed by atoms with E-state index in [-0.39, 0.29) is 23.5 Å². The number of amides is 2. The monoisotopic (exact) mass is 264 g/mol. The Kier molecular flexibility index (Phi) is 4.14. The van der Waals surface area contributed by atoms with Crippen LogP contribution in [0.3, 0.4) is 0 Å². The molecule has 1 saturated heterocycles. The van der Waals surface area contributed by atoms with E-state index < -0.39 is 0 Å². The average Bonchev–Trinajstić information content (AvgIpc) is 2.78. The molecule has 1 N–H and O–H groups in total. The first-order valence-electron chi connectivity index (χ1n) is 6.42. The number of carbonyl (C=O) groups is 2. The van der Waals surface area contributed by atoms with Gasteiger partial charge in [0.05, 0.1) is 0 Å². The number of halogens is 1. The molecule has 1 atom stereocenters. The van der Waals surface area contributed by atoms with Gasteiger partial charge in [0.1, 0.15) is 5.82 Å². The van der Waals surface area contributed by atoms with Gasteiger partial charge in [-0.2, -0.15) is 0 Å². The quantitative estimate of drug-likeness (QED) is 0.900. The van der Waals surface area contributed by atoms with Gasteiger partial charge >= 0.3 is 0 Å². The van der Waals surface area contributed by atoms with Crippen molar-refractivity contribution >= 4 is 17.5 Å². The van der Waals surface area contributed by atoms with E-state index in [2.05, 4.69) is 5.32 Å². The number of hydrogen-bond donors (Lipinski definition) is 1. The van der Waals surface area contributed by atoms with Crippen LogP contribution in [0.25, 0.3) is 0 Å². The van der Waals surface area contributed by atoms with Gasteiger partial charge in [-0.15, -0.1) is 0 Å². The second kappa shape index (κ2) is 5.82. The van der Waals surface area contributed by atoms with Crippen LogP contribution in [0, 0.1) is 11.7 Å². The highest BCUT2D eigenvalue weighted by Gasteiger charge is 2.30. The normalized spacial score (nSPS) is 18.7. The molecular weight excluding hydrogens is 247 g/mol. The molecule has 0 radical (unpaired) electrons. The number of anilines is 1. The largest absolute Gasteiger partial charge is 0.356 e.